The molecule has 0 spiro atoms. The number of amides is 1. The minimum atomic E-state index is -1.07. The van der Waals surface area contributed by atoms with E-state index in [1.165, 1.54) is 24.5 Å². The average Bonchev–Trinajstić information content (AvgIpc) is 3.25. The molecule has 0 aliphatic heterocycles. The second-order valence-electron chi connectivity index (χ2n) is 5.04. The van der Waals surface area contributed by atoms with Gasteiger partial charge in [-0.05, 0) is 29.8 Å². The molecule has 6 nitrogen and oxygen atoms in total. The van der Waals surface area contributed by atoms with Crippen molar-refractivity contribution in [3.05, 3.63) is 64.8 Å². The Morgan fingerprint density at radius 3 is 2.96 bits per heavy atom. The molecule has 1 atom stereocenters. The van der Waals surface area contributed by atoms with Gasteiger partial charge in [0.15, 0.2) is 11.5 Å². The lowest BCUT2D eigenvalue weighted by Gasteiger charge is -2.12. The summed E-state index contributed by atoms with van der Waals surface area (Å²) in [5.74, 6) is -0.550. The second-order valence-corrected chi connectivity index (χ2v) is 5.45. The number of carbonyl (C=O) groups excluding carboxylic acids is 1. The van der Waals surface area contributed by atoms with E-state index in [-0.39, 0.29) is 17.3 Å². The molecule has 2 heterocycles. The van der Waals surface area contributed by atoms with Gasteiger partial charge in [-0.25, -0.2) is 4.39 Å². The maximum Gasteiger partial charge on any atom is 0.271 e. The van der Waals surface area contributed by atoms with Crippen LogP contribution in [0.15, 0.2) is 47.1 Å². The fourth-order valence-corrected chi connectivity index (χ4v) is 2.23. The number of H-pyrrole nitrogens is 1. The van der Waals surface area contributed by atoms with Crippen molar-refractivity contribution in [2.75, 3.05) is 6.54 Å². The predicted octanol–water partition coefficient (Wildman–Crippen LogP) is 2.93. The van der Waals surface area contributed by atoms with Gasteiger partial charge in [-0.3, -0.25) is 9.89 Å². The van der Waals surface area contributed by atoms with E-state index in [0.29, 0.717) is 17.0 Å². The highest BCUT2D eigenvalue weighted by atomic mass is 35.5. The van der Waals surface area contributed by atoms with Crippen LogP contribution in [0, 0.1) is 5.82 Å². The topological polar surface area (TPSA) is 91.1 Å². The fourth-order valence-electron chi connectivity index (χ4n) is 2.11. The van der Waals surface area contributed by atoms with Gasteiger partial charge in [0.1, 0.15) is 11.5 Å². The lowest BCUT2D eigenvalue weighted by atomic mass is 10.1. The third kappa shape index (κ3) is 3.47. The highest BCUT2D eigenvalue weighted by Crippen LogP contribution is 2.20. The van der Waals surface area contributed by atoms with Crippen molar-refractivity contribution in [3.8, 4) is 11.5 Å². The minimum Gasteiger partial charge on any atom is -0.463 e. The molecule has 0 aliphatic carbocycles. The van der Waals surface area contributed by atoms with Crippen molar-refractivity contribution in [2.45, 2.75) is 6.10 Å². The van der Waals surface area contributed by atoms with E-state index in [4.69, 9.17) is 16.0 Å². The van der Waals surface area contributed by atoms with Crippen molar-refractivity contribution < 1.29 is 18.7 Å². The quantitative estimate of drug-likeness (QED) is 0.660. The maximum atomic E-state index is 13.4. The summed E-state index contributed by atoms with van der Waals surface area (Å²) in [6.07, 6.45) is 0.446. The Hall–Kier alpha value is -2.64. The molecule has 8 heteroatoms. The summed E-state index contributed by atoms with van der Waals surface area (Å²) in [6.45, 7) is -0.0944. The normalized spacial score (nSPS) is 12.1. The highest BCUT2D eigenvalue weighted by Gasteiger charge is 2.15. The molecule has 24 heavy (non-hydrogen) atoms. The van der Waals surface area contributed by atoms with Crippen molar-refractivity contribution in [1.82, 2.24) is 15.5 Å². The molecule has 0 radical (unpaired) electrons. The van der Waals surface area contributed by atoms with Gasteiger partial charge in [0.05, 0.1) is 17.4 Å². The molecular formula is C16H13ClFN3O3. The lowest BCUT2D eigenvalue weighted by Crippen LogP contribution is -2.28. The van der Waals surface area contributed by atoms with E-state index < -0.39 is 17.8 Å². The zero-order valence-electron chi connectivity index (χ0n) is 12.3. The zero-order valence-corrected chi connectivity index (χ0v) is 13.0. The second kappa shape index (κ2) is 6.86. The predicted molar refractivity (Wildman–Crippen MR) is 85.0 cm³/mol. The van der Waals surface area contributed by atoms with Crippen LogP contribution in [0.2, 0.25) is 5.02 Å². The van der Waals surface area contributed by atoms with E-state index in [1.807, 2.05) is 0 Å². The first kappa shape index (κ1) is 16.2. The van der Waals surface area contributed by atoms with Crippen LogP contribution in [0.25, 0.3) is 11.5 Å². The van der Waals surface area contributed by atoms with E-state index in [1.54, 1.807) is 12.1 Å². The molecule has 0 bridgehead atoms. The molecule has 3 rings (SSSR count). The van der Waals surface area contributed by atoms with Crippen LogP contribution >= 0.6 is 11.6 Å². The summed E-state index contributed by atoms with van der Waals surface area (Å²) < 4.78 is 18.6. The Balaban J connectivity index is 1.62. The SMILES string of the molecule is O=C(NCC(O)c1ccc(Cl)c(F)c1)c1cc(-c2ccco2)[nH]n1. The van der Waals surface area contributed by atoms with Gasteiger partial charge in [0.2, 0.25) is 0 Å². The van der Waals surface area contributed by atoms with Crippen LogP contribution in [0.4, 0.5) is 4.39 Å². The monoisotopic (exact) mass is 349 g/mol. The minimum absolute atomic E-state index is 0.0306. The number of aromatic nitrogens is 2. The summed E-state index contributed by atoms with van der Waals surface area (Å²) in [6, 6.07) is 8.95. The Morgan fingerprint density at radius 1 is 1.42 bits per heavy atom. The van der Waals surface area contributed by atoms with E-state index in [9.17, 15) is 14.3 Å². The smallest absolute Gasteiger partial charge is 0.271 e. The number of aliphatic hydroxyl groups excluding tert-OH is 1. The lowest BCUT2D eigenvalue weighted by molar-refractivity contribution is 0.0911. The number of aliphatic hydroxyl groups is 1. The van der Waals surface area contributed by atoms with Crippen molar-refractivity contribution in [3.63, 3.8) is 0 Å². The molecule has 1 amide bonds. The van der Waals surface area contributed by atoms with Crippen molar-refractivity contribution >= 4 is 17.5 Å². The van der Waals surface area contributed by atoms with Crippen LogP contribution in [0.3, 0.4) is 0 Å². The maximum absolute atomic E-state index is 13.4. The number of nitrogens with one attached hydrogen (secondary N) is 2. The van der Waals surface area contributed by atoms with Gasteiger partial charge >= 0.3 is 0 Å². The van der Waals surface area contributed by atoms with Crippen LogP contribution in [0.5, 0.6) is 0 Å². The summed E-state index contributed by atoms with van der Waals surface area (Å²) >= 11 is 5.59. The number of halogens is 2. The van der Waals surface area contributed by atoms with Crippen LogP contribution in [-0.2, 0) is 0 Å². The fraction of sp³-hybridized carbons (Fsp3) is 0.125. The molecule has 124 valence electrons. The summed E-state index contributed by atoms with van der Waals surface area (Å²) in [5, 5.41) is 19.1. The van der Waals surface area contributed by atoms with E-state index in [0.717, 1.165) is 6.07 Å². The zero-order chi connectivity index (χ0) is 17.1. The first-order valence-corrected chi connectivity index (χ1v) is 7.43. The van der Waals surface area contributed by atoms with E-state index >= 15 is 0 Å². The van der Waals surface area contributed by atoms with E-state index in [2.05, 4.69) is 15.5 Å². The van der Waals surface area contributed by atoms with Crippen molar-refractivity contribution in [1.29, 1.82) is 0 Å². The van der Waals surface area contributed by atoms with Crippen molar-refractivity contribution in [2.24, 2.45) is 0 Å². The third-order valence-corrected chi connectivity index (χ3v) is 3.69. The Labute approximate surface area is 141 Å². The number of furan rings is 1. The van der Waals surface area contributed by atoms with Gasteiger partial charge in [-0.2, -0.15) is 5.10 Å². The molecule has 1 aromatic carbocycles. The molecule has 3 aromatic rings. The van der Waals surface area contributed by atoms with Crippen LogP contribution in [-0.4, -0.2) is 27.8 Å². The van der Waals surface area contributed by atoms with Gasteiger partial charge in [0, 0.05) is 12.6 Å². The number of carbonyl (C=O) groups is 1. The molecule has 1 unspecified atom stereocenters. The number of benzene rings is 1. The first-order valence-electron chi connectivity index (χ1n) is 7.05. The van der Waals surface area contributed by atoms with Gasteiger partial charge in [0.25, 0.3) is 5.91 Å². The van der Waals surface area contributed by atoms with Crippen LogP contribution < -0.4 is 5.32 Å². The average molecular weight is 350 g/mol. The molecule has 2 aromatic heterocycles. The number of hydrogen-bond acceptors (Lipinski definition) is 4. The molecular weight excluding hydrogens is 337 g/mol. The van der Waals surface area contributed by atoms with Crippen LogP contribution in [0.1, 0.15) is 22.2 Å². The third-order valence-electron chi connectivity index (χ3n) is 3.38. The number of nitrogens with zero attached hydrogens (tertiary/aromatic N) is 1. The number of hydrogen-bond donors (Lipinski definition) is 3. The summed E-state index contributed by atoms with van der Waals surface area (Å²) in [4.78, 5) is 12.1. The molecule has 0 fully saturated rings. The Kier molecular flexibility index (Phi) is 4.64. The van der Waals surface area contributed by atoms with Gasteiger partial charge in [-0.15, -0.1) is 0 Å². The standard InChI is InChI=1S/C16H13ClFN3O3/c17-10-4-3-9(6-11(10)18)14(22)8-19-16(23)13-7-12(20-21-13)15-2-1-5-24-15/h1-7,14,22H,8H2,(H,19,23)(H,20,21). The highest BCUT2D eigenvalue weighted by molar-refractivity contribution is 6.30. The Bertz CT molecular complexity index is 848. The molecule has 3 N–H and O–H groups in total. The Morgan fingerprint density at radius 2 is 2.25 bits per heavy atom. The number of rotatable bonds is 5. The van der Waals surface area contributed by atoms with Gasteiger partial charge in [-0.1, -0.05) is 17.7 Å². The molecule has 0 saturated heterocycles. The molecule has 0 saturated carbocycles. The first-order chi connectivity index (χ1) is 11.5. The number of aromatic amines is 1. The largest absolute Gasteiger partial charge is 0.463 e. The van der Waals surface area contributed by atoms with Gasteiger partial charge < -0.3 is 14.8 Å². The molecule has 0 aliphatic rings. The summed E-state index contributed by atoms with van der Waals surface area (Å²) in [5.41, 5.74) is 1.02. The summed E-state index contributed by atoms with van der Waals surface area (Å²) in [7, 11) is 0.